The summed E-state index contributed by atoms with van der Waals surface area (Å²) in [6.07, 6.45) is 5.76. The van der Waals surface area contributed by atoms with Gasteiger partial charge in [0, 0.05) is 12.3 Å². The molecule has 0 aliphatic rings. The molecule has 0 spiro atoms. The Balaban J connectivity index is 2.63. The third kappa shape index (κ3) is 3.87. The van der Waals surface area contributed by atoms with Gasteiger partial charge in [-0.2, -0.15) is 0 Å². The Kier molecular flexibility index (Phi) is 5.79. The molecular formula is C11H21N3S. The van der Waals surface area contributed by atoms with Crippen molar-refractivity contribution in [1.29, 1.82) is 0 Å². The molecule has 0 aliphatic carbocycles. The van der Waals surface area contributed by atoms with E-state index in [1.54, 1.807) is 11.3 Å². The van der Waals surface area contributed by atoms with Crippen molar-refractivity contribution in [2.45, 2.75) is 51.9 Å². The lowest BCUT2D eigenvalue weighted by molar-refractivity contribution is 0.554. The van der Waals surface area contributed by atoms with Gasteiger partial charge in [0.1, 0.15) is 10.0 Å². The molecule has 0 fully saturated rings. The molecule has 0 atom stereocenters. The third-order valence-electron chi connectivity index (χ3n) is 2.46. The lowest BCUT2D eigenvalue weighted by atomic mass is 9.99. The van der Waals surface area contributed by atoms with E-state index in [0.29, 0.717) is 12.5 Å². The van der Waals surface area contributed by atoms with Gasteiger partial charge >= 0.3 is 0 Å². The van der Waals surface area contributed by atoms with Crippen LogP contribution in [0.3, 0.4) is 0 Å². The smallest absolute Gasteiger partial charge is 0.120 e. The first-order valence-corrected chi connectivity index (χ1v) is 6.65. The van der Waals surface area contributed by atoms with Gasteiger partial charge in [0.05, 0.1) is 0 Å². The quantitative estimate of drug-likeness (QED) is 0.779. The summed E-state index contributed by atoms with van der Waals surface area (Å²) in [5.74, 6) is 0.615. The predicted octanol–water partition coefficient (Wildman–Crippen LogP) is 2.72. The Morgan fingerprint density at radius 3 is 2.40 bits per heavy atom. The maximum Gasteiger partial charge on any atom is 0.120 e. The van der Waals surface area contributed by atoms with Gasteiger partial charge in [-0.05, 0) is 19.4 Å². The zero-order chi connectivity index (χ0) is 11.1. The molecule has 0 amide bonds. The number of nitrogens with two attached hydrogens (primary N) is 1. The molecule has 0 aliphatic heterocycles. The molecule has 1 aromatic heterocycles. The first-order valence-electron chi connectivity index (χ1n) is 5.84. The number of hydrogen-bond donors (Lipinski definition) is 1. The van der Waals surface area contributed by atoms with Crippen molar-refractivity contribution in [1.82, 2.24) is 10.2 Å². The lowest BCUT2D eigenvalue weighted by Crippen LogP contribution is -2.01. The molecule has 0 saturated heterocycles. The summed E-state index contributed by atoms with van der Waals surface area (Å²) in [6, 6.07) is 0. The molecule has 0 unspecified atom stereocenters. The second-order valence-electron chi connectivity index (χ2n) is 3.85. The fourth-order valence-electron chi connectivity index (χ4n) is 1.74. The summed E-state index contributed by atoms with van der Waals surface area (Å²) in [6.45, 7) is 5.12. The van der Waals surface area contributed by atoms with E-state index in [4.69, 9.17) is 5.73 Å². The van der Waals surface area contributed by atoms with E-state index >= 15 is 0 Å². The van der Waals surface area contributed by atoms with Gasteiger partial charge in [0.15, 0.2) is 0 Å². The second-order valence-corrected chi connectivity index (χ2v) is 4.94. The average molecular weight is 227 g/mol. The maximum absolute atomic E-state index is 5.50. The van der Waals surface area contributed by atoms with E-state index < -0.39 is 0 Å². The minimum Gasteiger partial charge on any atom is -0.330 e. The summed E-state index contributed by atoms with van der Waals surface area (Å²) in [4.78, 5) is 0. The first-order chi connectivity index (χ1) is 7.31. The van der Waals surface area contributed by atoms with Crippen molar-refractivity contribution in [2.24, 2.45) is 5.73 Å². The Morgan fingerprint density at radius 2 is 1.87 bits per heavy atom. The molecule has 4 heteroatoms. The number of aromatic nitrogens is 2. The van der Waals surface area contributed by atoms with Gasteiger partial charge in [-0.15, -0.1) is 21.5 Å². The SMILES string of the molecule is CCCC(CCC)c1nnc(CCN)s1. The highest BCUT2D eigenvalue weighted by Gasteiger charge is 2.14. The van der Waals surface area contributed by atoms with Crippen molar-refractivity contribution in [3.63, 3.8) is 0 Å². The molecule has 2 N–H and O–H groups in total. The van der Waals surface area contributed by atoms with Gasteiger partial charge in [-0.1, -0.05) is 26.7 Å². The molecule has 0 bridgehead atoms. The van der Waals surface area contributed by atoms with Crippen LogP contribution in [0.4, 0.5) is 0 Å². The van der Waals surface area contributed by atoms with Crippen LogP contribution in [-0.2, 0) is 6.42 Å². The highest BCUT2D eigenvalue weighted by molar-refractivity contribution is 7.11. The molecule has 0 aromatic carbocycles. The van der Waals surface area contributed by atoms with Crippen LogP contribution in [0.1, 0.15) is 55.5 Å². The number of nitrogens with zero attached hydrogens (tertiary/aromatic N) is 2. The molecule has 1 heterocycles. The highest BCUT2D eigenvalue weighted by atomic mass is 32.1. The fraction of sp³-hybridized carbons (Fsp3) is 0.818. The van der Waals surface area contributed by atoms with E-state index in [0.717, 1.165) is 11.4 Å². The number of hydrogen-bond acceptors (Lipinski definition) is 4. The third-order valence-corrected chi connectivity index (χ3v) is 3.61. The Labute approximate surface area is 96.1 Å². The first kappa shape index (κ1) is 12.6. The summed E-state index contributed by atoms with van der Waals surface area (Å²) >= 11 is 1.74. The second kappa shape index (κ2) is 6.90. The molecular weight excluding hydrogens is 206 g/mol. The van der Waals surface area contributed by atoms with Crippen LogP contribution >= 0.6 is 11.3 Å². The van der Waals surface area contributed by atoms with Gasteiger partial charge in [0.25, 0.3) is 0 Å². The molecule has 0 saturated carbocycles. The van der Waals surface area contributed by atoms with Gasteiger partial charge in [-0.3, -0.25) is 0 Å². The van der Waals surface area contributed by atoms with E-state index in [1.165, 1.54) is 30.7 Å². The lowest BCUT2D eigenvalue weighted by Gasteiger charge is -2.10. The summed E-state index contributed by atoms with van der Waals surface area (Å²) in [5, 5.41) is 10.8. The van der Waals surface area contributed by atoms with Gasteiger partial charge < -0.3 is 5.73 Å². The molecule has 1 rings (SSSR count). The molecule has 1 aromatic rings. The van der Waals surface area contributed by atoms with Crippen molar-refractivity contribution in [3.05, 3.63) is 10.0 Å². The molecule has 86 valence electrons. The Morgan fingerprint density at radius 1 is 1.20 bits per heavy atom. The fourth-order valence-corrected chi connectivity index (χ4v) is 2.77. The van der Waals surface area contributed by atoms with Gasteiger partial charge in [0.2, 0.25) is 0 Å². The molecule has 15 heavy (non-hydrogen) atoms. The van der Waals surface area contributed by atoms with Crippen LogP contribution in [0.2, 0.25) is 0 Å². The van der Waals surface area contributed by atoms with Crippen LogP contribution < -0.4 is 5.73 Å². The van der Waals surface area contributed by atoms with Crippen molar-refractivity contribution < 1.29 is 0 Å². The minimum atomic E-state index is 0.615. The topological polar surface area (TPSA) is 51.8 Å². The Hall–Kier alpha value is -0.480. The summed E-state index contributed by atoms with van der Waals surface area (Å²) in [7, 11) is 0. The highest BCUT2D eigenvalue weighted by Crippen LogP contribution is 2.28. The predicted molar refractivity (Wildman–Crippen MR) is 65.2 cm³/mol. The van der Waals surface area contributed by atoms with E-state index in [2.05, 4.69) is 24.0 Å². The maximum atomic E-state index is 5.50. The minimum absolute atomic E-state index is 0.615. The van der Waals surface area contributed by atoms with E-state index in [-0.39, 0.29) is 0 Å². The zero-order valence-electron chi connectivity index (χ0n) is 9.70. The molecule has 3 nitrogen and oxygen atoms in total. The van der Waals surface area contributed by atoms with Crippen molar-refractivity contribution in [2.75, 3.05) is 6.54 Å². The van der Waals surface area contributed by atoms with Crippen LogP contribution in [0.15, 0.2) is 0 Å². The van der Waals surface area contributed by atoms with Crippen LogP contribution in [0.5, 0.6) is 0 Å². The monoisotopic (exact) mass is 227 g/mol. The van der Waals surface area contributed by atoms with Gasteiger partial charge in [-0.25, -0.2) is 0 Å². The number of rotatable bonds is 7. The van der Waals surface area contributed by atoms with Crippen LogP contribution in [-0.4, -0.2) is 16.7 Å². The van der Waals surface area contributed by atoms with Crippen LogP contribution in [0.25, 0.3) is 0 Å². The average Bonchev–Trinajstić information content (AvgIpc) is 2.67. The Bertz CT molecular complexity index is 267. The summed E-state index contributed by atoms with van der Waals surface area (Å²) < 4.78 is 0. The van der Waals surface area contributed by atoms with E-state index in [1.807, 2.05) is 0 Å². The molecule has 0 radical (unpaired) electrons. The van der Waals surface area contributed by atoms with Crippen molar-refractivity contribution >= 4 is 11.3 Å². The zero-order valence-corrected chi connectivity index (χ0v) is 10.5. The van der Waals surface area contributed by atoms with Crippen LogP contribution in [0, 0.1) is 0 Å². The van der Waals surface area contributed by atoms with Crippen molar-refractivity contribution in [3.8, 4) is 0 Å². The standard InChI is InChI=1S/C11H21N3S/c1-3-5-9(6-4-2)11-14-13-10(15-11)7-8-12/h9H,3-8,12H2,1-2H3. The largest absolute Gasteiger partial charge is 0.330 e. The normalized spacial score (nSPS) is 11.2. The van der Waals surface area contributed by atoms with E-state index in [9.17, 15) is 0 Å². The summed E-state index contributed by atoms with van der Waals surface area (Å²) in [5.41, 5.74) is 5.50.